The monoisotopic (exact) mass is 268 g/mol. The van der Waals surface area contributed by atoms with Gasteiger partial charge in [0.15, 0.2) is 0 Å². The van der Waals surface area contributed by atoms with Crippen LogP contribution >= 0.6 is 11.8 Å². The highest BCUT2D eigenvalue weighted by atomic mass is 32.2. The molecule has 0 aliphatic carbocycles. The van der Waals surface area contributed by atoms with Crippen molar-refractivity contribution in [2.24, 2.45) is 5.73 Å². The minimum Gasteiger partial charge on any atom is -0.368 e. The Hall–Kier alpha value is -0.740. The van der Waals surface area contributed by atoms with Gasteiger partial charge in [-0.1, -0.05) is 6.07 Å². The molecule has 2 unspecified atom stereocenters. The van der Waals surface area contributed by atoms with E-state index in [9.17, 15) is 4.39 Å². The first kappa shape index (κ1) is 13.7. The van der Waals surface area contributed by atoms with Gasteiger partial charge in [-0.2, -0.15) is 11.8 Å². The quantitative estimate of drug-likeness (QED) is 0.910. The van der Waals surface area contributed by atoms with Crippen molar-refractivity contribution in [1.82, 2.24) is 0 Å². The van der Waals surface area contributed by atoms with Crippen molar-refractivity contribution in [2.75, 3.05) is 23.5 Å². The number of halogens is 1. The summed E-state index contributed by atoms with van der Waals surface area (Å²) in [5.41, 5.74) is 7.41. The Balaban J connectivity index is 2.13. The Morgan fingerprint density at radius 3 is 2.89 bits per heavy atom. The summed E-state index contributed by atoms with van der Waals surface area (Å²) in [7, 11) is 1.99. The molecule has 1 saturated heterocycles. The van der Waals surface area contributed by atoms with Crippen LogP contribution < -0.4 is 10.6 Å². The van der Waals surface area contributed by atoms with E-state index in [0.717, 1.165) is 24.2 Å². The van der Waals surface area contributed by atoms with E-state index in [1.165, 1.54) is 5.75 Å². The molecule has 4 heteroatoms. The number of benzene rings is 1. The normalized spacial score (nSPS) is 21.0. The van der Waals surface area contributed by atoms with Crippen molar-refractivity contribution in [3.8, 4) is 0 Å². The van der Waals surface area contributed by atoms with Crippen molar-refractivity contribution in [2.45, 2.75) is 31.8 Å². The molecule has 0 amide bonds. The maximum absolute atomic E-state index is 14.1. The zero-order valence-corrected chi connectivity index (χ0v) is 11.8. The summed E-state index contributed by atoms with van der Waals surface area (Å²) in [6.45, 7) is 1.94. The number of thioether (sulfide) groups is 1. The molecular weight excluding hydrogens is 247 g/mol. The molecule has 1 aromatic carbocycles. The molecular formula is C14H21FN2S. The number of anilines is 1. The van der Waals surface area contributed by atoms with Crippen LogP contribution in [0.1, 0.15) is 18.9 Å². The predicted octanol–water partition coefficient (Wildman–Crippen LogP) is 2.66. The smallest absolute Gasteiger partial charge is 0.146 e. The Morgan fingerprint density at radius 2 is 2.33 bits per heavy atom. The van der Waals surface area contributed by atoms with Crippen LogP contribution in [0.15, 0.2) is 18.2 Å². The zero-order chi connectivity index (χ0) is 13.1. The van der Waals surface area contributed by atoms with E-state index in [1.807, 2.05) is 37.9 Å². The van der Waals surface area contributed by atoms with Crippen LogP contribution in [0.2, 0.25) is 0 Å². The maximum atomic E-state index is 14.1. The second kappa shape index (κ2) is 5.93. The van der Waals surface area contributed by atoms with Gasteiger partial charge in [-0.05, 0) is 43.2 Å². The highest BCUT2D eigenvalue weighted by Crippen LogP contribution is 2.28. The first-order chi connectivity index (χ1) is 8.58. The average molecular weight is 268 g/mol. The summed E-state index contributed by atoms with van der Waals surface area (Å²) >= 11 is 1.94. The molecule has 2 rings (SSSR count). The lowest BCUT2D eigenvalue weighted by Gasteiger charge is -2.26. The third-order valence-corrected chi connectivity index (χ3v) is 4.55. The highest BCUT2D eigenvalue weighted by Gasteiger charge is 2.22. The first-order valence-corrected chi connectivity index (χ1v) is 7.58. The van der Waals surface area contributed by atoms with E-state index >= 15 is 0 Å². The van der Waals surface area contributed by atoms with Gasteiger partial charge >= 0.3 is 0 Å². The molecule has 0 bridgehead atoms. The molecule has 0 radical (unpaired) electrons. The summed E-state index contributed by atoms with van der Waals surface area (Å²) in [6, 6.07) is 6.02. The van der Waals surface area contributed by atoms with E-state index in [0.29, 0.717) is 11.7 Å². The fourth-order valence-electron chi connectivity index (χ4n) is 2.36. The molecule has 1 fully saturated rings. The fourth-order valence-corrected chi connectivity index (χ4v) is 3.63. The van der Waals surface area contributed by atoms with Crippen LogP contribution in [-0.2, 0) is 6.42 Å². The van der Waals surface area contributed by atoms with Crippen molar-refractivity contribution in [3.63, 3.8) is 0 Å². The van der Waals surface area contributed by atoms with Gasteiger partial charge in [0.1, 0.15) is 5.82 Å². The van der Waals surface area contributed by atoms with Gasteiger partial charge in [0.2, 0.25) is 0 Å². The minimum atomic E-state index is -0.132. The zero-order valence-electron chi connectivity index (χ0n) is 11.0. The van der Waals surface area contributed by atoms with E-state index < -0.39 is 0 Å². The van der Waals surface area contributed by atoms with Crippen LogP contribution in [0.5, 0.6) is 0 Å². The molecule has 1 aliphatic heterocycles. The topological polar surface area (TPSA) is 29.3 Å². The van der Waals surface area contributed by atoms with Crippen LogP contribution in [0, 0.1) is 5.82 Å². The standard InChI is InChI=1S/C14H21FN2S/c1-10(16)7-11-3-4-14(13(15)8-11)17(2)12-5-6-18-9-12/h3-4,8,10,12H,5-7,9,16H2,1-2H3. The van der Waals surface area contributed by atoms with Gasteiger partial charge in [0, 0.05) is 24.9 Å². The van der Waals surface area contributed by atoms with E-state index in [2.05, 4.69) is 4.90 Å². The molecule has 1 aromatic rings. The molecule has 100 valence electrons. The number of hydrogen-bond acceptors (Lipinski definition) is 3. The molecule has 2 N–H and O–H groups in total. The molecule has 1 heterocycles. The molecule has 2 nitrogen and oxygen atoms in total. The third kappa shape index (κ3) is 3.18. The second-order valence-electron chi connectivity index (χ2n) is 5.10. The van der Waals surface area contributed by atoms with Gasteiger partial charge in [0.25, 0.3) is 0 Å². The fraction of sp³-hybridized carbons (Fsp3) is 0.571. The van der Waals surface area contributed by atoms with Crippen molar-refractivity contribution in [3.05, 3.63) is 29.6 Å². The molecule has 0 spiro atoms. The molecule has 0 saturated carbocycles. The van der Waals surface area contributed by atoms with Crippen LogP contribution in [-0.4, -0.2) is 30.6 Å². The first-order valence-electron chi connectivity index (χ1n) is 6.42. The number of nitrogens with two attached hydrogens (primary N) is 1. The SMILES string of the molecule is CC(N)Cc1ccc(N(C)C2CCSC2)c(F)c1. The largest absolute Gasteiger partial charge is 0.368 e. The lowest BCUT2D eigenvalue weighted by Crippen LogP contribution is -2.32. The minimum absolute atomic E-state index is 0.0687. The van der Waals surface area contributed by atoms with Crippen LogP contribution in [0.3, 0.4) is 0 Å². The molecule has 0 aromatic heterocycles. The highest BCUT2D eigenvalue weighted by molar-refractivity contribution is 7.99. The van der Waals surface area contributed by atoms with Gasteiger partial charge in [-0.15, -0.1) is 0 Å². The summed E-state index contributed by atoms with van der Waals surface area (Å²) in [6.07, 6.45) is 1.86. The number of rotatable bonds is 4. The summed E-state index contributed by atoms with van der Waals surface area (Å²) in [5, 5.41) is 0. The number of nitrogens with zero attached hydrogens (tertiary/aromatic N) is 1. The van der Waals surface area contributed by atoms with Gasteiger partial charge in [-0.3, -0.25) is 0 Å². The predicted molar refractivity (Wildman–Crippen MR) is 77.9 cm³/mol. The van der Waals surface area contributed by atoms with Crippen molar-refractivity contribution >= 4 is 17.4 Å². The van der Waals surface area contributed by atoms with Gasteiger partial charge in [0.05, 0.1) is 5.69 Å². The van der Waals surface area contributed by atoms with Crippen LogP contribution in [0.4, 0.5) is 10.1 Å². The Kier molecular flexibility index (Phi) is 4.51. The Bertz CT molecular complexity index is 403. The summed E-state index contributed by atoms with van der Waals surface area (Å²) < 4.78 is 14.1. The van der Waals surface area contributed by atoms with E-state index in [1.54, 1.807) is 6.07 Å². The average Bonchev–Trinajstić information content (AvgIpc) is 2.80. The van der Waals surface area contributed by atoms with Crippen molar-refractivity contribution < 1.29 is 4.39 Å². The van der Waals surface area contributed by atoms with E-state index in [4.69, 9.17) is 5.73 Å². The summed E-state index contributed by atoms with van der Waals surface area (Å²) in [5.74, 6) is 2.14. The maximum Gasteiger partial charge on any atom is 0.146 e. The second-order valence-corrected chi connectivity index (χ2v) is 6.25. The van der Waals surface area contributed by atoms with E-state index in [-0.39, 0.29) is 11.9 Å². The van der Waals surface area contributed by atoms with Crippen molar-refractivity contribution in [1.29, 1.82) is 0 Å². The lowest BCUT2D eigenvalue weighted by molar-refractivity contribution is 0.603. The lowest BCUT2D eigenvalue weighted by atomic mass is 10.1. The molecule has 2 atom stereocenters. The van der Waals surface area contributed by atoms with Gasteiger partial charge in [-0.25, -0.2) is 4.39 Å². The number of hydrogen-bond donors (Lipinski definition) is 1. The molecule has 18 heavy (non-hydrogen) atoms. The molecule has 1 aliphatic rings. The van der Waals surface area contributed by atoms with Crippen LogP contribution in [0.25, 0.3) is 0 Å². The third-order valence-electron chi connectivity index (χ3n) is 3.40. The summed E-state index contributed by atoms with van der Waals surface area (Å²) in [4.78, 5) is 2.07. The Morgan fingerprint density at radius 1 is 1.56 bits per heavy atom. The van der Waals surface area contributed by atoms with Gasteiger partial charge < -0.3 is 10.6 Å². The Labute approximate surface area is 113 Å².